The van der Waals surface area contributed by atoms with Crippen LogP contribution in [0.25, 0.3) is 5.78 Å². The zero-order chi connectivity index (χ0) is 16.6. The summed E-state index contributed by atoms with van der Waals surface area (Å²) in [6.45, 7) is 9.19. The van der Waals surface area contributed by atoms with Gasteiger partial charge in [0.25, 0.3) is 5.78 Å². The lowest BCUT2D eigenvalue weighted by atomic mass is 10.2. The normalized spacial score (nSPS) is 21.8. The van der Waals surface area contributed by atoms with E-state index in [1.807, 2.05) is 43.1 Å². The molecule has 0 saturated carbocycles. The molecule has 1 amide bonds. The van der Waals surface area contributed by atoms with E-state index in [1.54, 1.807) is 0 Å². The van der Waals surface area contributed by atoms with Crippen LogP contribution in [0.4, 0.5) is 0 Å². The Kier molecular flexibility index (Phi) is 4.54. The van der Waals surface area contributed by atoms with Crippen molar-refractivity contribution in [2.24, 2.45) is 0 Å². The third kappa shape index (κ3) is 3.48. The highest BCUT2D eigenvalue weighted by molar-refractivity contribution is 7.99. The maximum Gasteiger partial charge on any atom is 0.256 e. The van der Waals surface area contributed by atoms with Crippen molar-refractivity contribution >= 4 is 23.4 Å². The van der Waals surface area contributed by atoms with Crippen molar-refractivity contribution in [2.75, 3.05) is 18.8 Å². The van der Waals surface area contributed by atoms with Gasteiger partial charge in [-0.2, -0.15) is 0 Å². The fourth-order valence-electron chi connectivity index (χ4n) is 2.89. The molecule has 0 aromatic carbocycles. The van der Waals surface area contributed by atoms with Gasteiger partial charge in [0.15, 0.2) is 5.16 Å². The van der Waals surface area contributed by atoms with Crippen LogP contribution in [-0.2, 0) is 9.53 Å². The van der Waals surface area contributed by atoms with Gasteiger partial charge in [-0.1, -0.05) is 11.8 Å². The molecular formula is C15H21N5O2S. The molecule has 23 heavy (non-hydrogen) atoms. The average Bonchev–Trinajstić information content (AvgIpc) is 2.86. The molecule has 2 atom stereocenters. The summed E-state index contributed by atoms with van der Waals surface area (Å²) < 4.78 is 7.55. The molecule has 0 spiro atoms. The van der Waals surface area contributed by atoms with E-state index in [4.69, 9.17) is 4.74 Å². The lowest BCUT2D eigenvalue weighted by molar-refractivity contribution is -0.140. The van der Waals surface area contributed by atoms with Crippen molar-refractivity contribution in [2.45, 2.75) is 45.1 Å². The molecule has 3 rings (SSSR count). The number of aromatic nitrogens is 4. The van der Waals surface area contributed by atoms with E-state index >= 15 is 0 Å². The van der Waals surface area contributed by atoms with Crippen molar-refractivity contribution in [1.29, 1.82) is 0 Å². The number of hydrogen-bond donors (Lipinski definition) is 0. The standard InChI is InChI=1S/C15H21N5O2S/c1-9-5-10(2)20-14(16-9)17-18-15(20)23-8-13(21)19-6-11(3)22-12(4)7-19/h5,11-12H,6-8H2,1-4H3. The van der Waals surface area contributed by atoms with Gasteiger partial charge in [0, 0.05) is 24.5 Å². The number of thioether (sulfide) groups is 1. The van der Waals surface area contributed by atoms with E-state index in [2.05, 4.69) is 15.2 Å². The lowest BCUT2D eigenvalue weighted by Crippen LogP contribution is -2.48. The first kappa shape index (κ1) is 16.2. The van der Waals surface area contributed by atoms with E-state index < -0.39 is 0 Å². The van der Waals surface area contributed by atoms with Crippen LogP contribution in [0.2, 0.25) is 0 Å². The number of ether oxygens (including phenoxy) is 1. The minimum atomic E-state index is 0.0797. The molecule has 0 N–H and O–H groups in total. The summed E-state index contributed by atoms with van der Waals surface area (Å²) in [6, 6.07) is 1.98. The molecule has 7 nitrogen and oxygen atoms in total. The molecule has 0 bridgehead atoms. The van der Waals surface area contributed by atoms with E-state index in [-0.39, 0.29) is 18.1 Å². The van der Waals surface area contributed by atoms with Gasteiger partial charge < -0.3 is 9.64 Å². The fourth-order valence-corrected chi connectivity index (χ4v) is 3.78. The number of nitrogens with zero attached hydrogens (tertiary/aromatic N) is 5. The second-order valence-electron chi connectivity index (χ2n) is 6.00. The average molecular weight is 335 g/mol. The SMILES string of the molecule is Cc1cc(C)n2c(SCC(=O)N3CC(C)OC(C)C3)nnc2n1. The Balaban J connectivity index is 1.70. The Morgan fingerprint density at radius 3 is 2.70 bits per heavy atom. The maximum absolute atomic E-state index is 12.4. The molecule has 124 valence electrons. The summed E-state index contributed by atoms with van der Waals surface area (Å²) >= 11 is 1.40. The van der Waals surface area contributed by atoms with Crippen molar-refractivity contribution in [3.63, 3.8) is 0 Å². The first-order valence-electron chi connectivity index (χ1n) is 7.69. The number of amides is 1. The van der Waals surface area contributed by atoms with Gasteiger partial charge in [0.2, 0.25) is 5.91 Å². The van der Waals surface area contributed by atoms with Gasteiger partial charge in [-0.05, 0) is 33.8 Å². The number of aryl methyl sites for hydroxylation is 2. The number of fused-ring (bicyclic) bond motifs is 1. The first-order chi connectivity index (χ1) is 10.9. The minimum Gasteiger partial charge on any atom is -0.372 e. The highest BCUT2D eigenvalue weighted by Gasteiger charge is 2.26. The number of carbonyl (C=O) groups excluding carboxylic acids is 1. The highest BCUT2D eigenvalue weighted by Crippen LogP contribution is 2.20. The Morgan fingerprint density at radius 2 is 2.00 bits per heavy atom. The molecule has 3 heterocycles. The third-order valence-electron chi connectivity index (χ3n) is 3.76. The van der Waals surface area contributed by atoms with E-state index in [9.17, 15) is 4.79 Å². The largest absolute Gasteiger partial charge is 0.372 e. The number of carbonyl (C=O) groups is 1. The van der Waals surface area contributed by atoms with Gasteiger partial charge in [-0.25, -0.2) is 4.98 Å². The van der Waals surface area contributed by atoms with Crippen molar-refractivity contribution < 1.29 is 9.53 Å². The smallest absolute Gasteiger partial charge is 0.256 e. The molecule has 1 saturated heterocycles. The predicted octanol–water partition coefficient (Wildman–Crippen LogP) is 1.47. The summed E-state index contributed by atoms with van der Waals surface area (Å²) in [5.41, 5.74) is 1.92. The highest BCUT2D eigenvalue weighted by atomic mass is 32.2. The van der Waals surface area contributed by atoms with Crippen LogP contribution in [0.1, 0.15) is 25.2 Å². The Labute approximate surface area is 139 Å². The minimum absolute atomic E-state index is 0.0797. The second kappa shape index (κ2) is 6.45. The number of rotatable bonds is 3. The molecule has 0 radical (unpaired) electrons. The van der Waals surface area contributed by atoms with E-state index in [0.717, 1.165) is 11.4 Å². The molecular weight excluding hydrogens is 314 g/mol. The Hall–Kier alpha value is -1.67. The number of morpholine rings is 1. The molecule has 1 aliphatic rings. The van der Waals surface area contributed by atoms with Crippen LogP contribution in [0, 0.1) is 13.8 Å². The zero-order valence-corrected chi connectivity index (χ0v) is 14.6. The molecule has 8 heteroatoms. The van der Waals surface area contributed by atoms with Crippen molar-refractivity contribution in [3.05, 3.63) is 17.5 Å². The zero-order valence-electron chi connectivity index (χ0n) is 13.8. The van der Waals surface area contributed by atoms with E-state index in [0.29, 0.717) is 29.8 Å². The predicted molar refractivity (Wildman–Crippen MR) is 87.6 cm³/mol. The molecule has 1 aliphatic heterocycles. The summed E-state index contributed by atoms with van der Waals surface area (Å²) in [7, 11) is 0. The van der Waals surface area contributed by atoms with Crippen LogP contribution in [-0.4, -0.2) is 61.4 Å². The van der Waals surface area contributed by atoms with Gasteiger partial charge >= 0.3 is 0 Å². The molecule has 1 fully saturated rings. The molecule has 0 aliphatic carbocycles. The fraction of sp³-hybridized carbons (Fsp3) is 0.600. The van der Waals surface area contributed by atoms with Gasteiger partial charge in [0.05, 0.1) is 18.0 Å². The summed E-state index contributed by atoms with van der Waals surface area (Å²) in [4.78, 5) is 18.7. The quantitative estimate of drug-likeness (QED) is 0.791. The van der Waals surface area contributed by atoms with Crippen LogP contribution < -0.4 is 0 Å². The van der Waals surface area contributed by atoms with Gasteiger partial charge in [-0.15, -0.1) is 10.2 Å². The van der Waals surface area contributed by atoms with Crippen molar-refractivity contribution in [1.82, 2.24) is 24.5 Å². The van der Waals surface area contributed by atoms with Crippen LogP contribution in [0.3, 0.4) is 0 Å². The monoisotopic (exact) mass is 335 g/mol. The second-order valence-corrected chi connectivity index (χ2v) is 6.94. The first-order valence-corrected chi connectivity index (χ1v) is 8.68. The van der Waals surface area contributed by atoms with Crippen LogP contribution >= 0.6 is 11.8 Å². The summed E-state index contributed by atoms with van der Waals surface area (Å²) in [6.07, 6.45) is 0.159. The Bertz CT molecular complexity index is 722. The maximum atomic E-state index is 12.4. The van der Waals surface area contributed by atoms with E-state index in [1.165, 1.54) is 11.8 Å². The molecule has 2 unspecified atom stereocenters. The molecule has 2 aromatic heterocycles. The van der Waals surface area contributed by atoms with Crippen molar-refractivity contribution in [3.8, 4) is 0 Å². The third-order valence-corrected chi connectivity index (χ3v) is 4.67. The summed E-state index contributed by atoms with van der Waals surface area (Å²) in [5, 5.41) is 8.95. The molecule has 2 aromatic rings. The van der Waals surface area contributed by atoms with Crippen LogP contribution in [0.15, 0.2) is 11.2 Å². The topological polar surface area (TPSA) is 72.6 Å². The lowest BCUT2D eigenvalue weighted by Gasteiger charge is -2.35. The van der Waals surface area contributed by atoms with Crippen LogP contribution in [0.5, 0.6) is 0 Å². The van der Waals surface area contributed by atoms with Gasteiger partial charge in [-0.3, -0.25) is 9.20 Å². The number of hydrogen-bond acceptors (Lipinski definition) is 6. The van der Waals surface area contributed by atoms with Gasteiger partial charge in [0.1, 0.15) is 0 Å². The Morgan fingerprint density at radius 1 is 1.30 bits per heavy atom. The summed E-state index contributed by atoms with van der Waals surface area (Å²) in [5.74, 6) is 1.02.